The fourth-order valence-corrected chi connectivity index (χ4v) is 3.62. The minimum atomic E-state index is 0.00347. The zero-order chi connectivity index (χ0) is 14.8. The number of rotatable bonds is 4. The van der Waals surface area contributed by atoms with E-state index in [4.69, 9.17) is 10.5 Å². The molecule has 0 saturated carbocycles. The van der Waals surface area contributed by atoms with Crippen LogP contribution in [-0.2, 0) is 19.3 Å². The molecule has 1 atom stereocenters. The Bertz CT molecular complexity index is 654. The number of ether oxygens (including phenoxy) is 1. The summed E-state index contributed by atoms with van der Waals surface area (Å²) >= 11 is 3.59. The summed E-state index contributed by atoms with van der Waals surface area (Å²) in [5, 5.41) is 0. The number of hydrogen-bond donors (Lipinski definition) is 1. The van der Waals surface area contributed by atoms with E-state index >= 15 is 0 Å². The maximum absolute atomic E-state index is 6.48. The Hall–Kier alpha value is -1.32. The van der Waals surface area contributed by atoms with Gasteiger partial charge in [0.05, 0.1) is 6.61 Å². The first-order valence-electron chi connectivity index (χ1n) is 7.46. The predicted octanol–water partition coefficient (Wildman–Crippen LogP) is 4.19. The van der Waals surface area contributed by atoms with E-state index in [1.54, 1.807) is 0 Å². The minimum absolute atomic E-state index is 0.00347. The Morgan fingerprint density at radius 1 is 1.24 bits per heavy atom. The van der Waals surface area contributed by atoms with Crippen LogP contribution in [0, 0.1) is 0 Å². The number of halogens is 1. The highest BCUT2D eigenvalue weighted by molar-refractivity contribution is 9.10. The molecule has 1 heterocycles. The van der Waals surface area contributed by atoms with Gasteiger partial charge in [0.25, 0.3) is 0 Å². The molecule has 1 unspecified atom stereocenters. The number of nitrogens with two attached hydrogens (primary N) is 1. The minimum Gasteiger partial charge on any atom is -0.493 e. The van der Waals surface area contributed by atoms with Crippen LogP contribution in [0.2, 0.25) is 0 Å². The van der Waals surface area contributed by atoms with Crippen LogP contribution < -0.4 is 10.5 Å². The lowest BCUT2D eigenvalue weighted by molar-refractivity contribution is 0.352. The third-order valence-corrected chi connectivity index (χ3v) is 4.56. The van der Waals surface area contributed by atoms with Crippen LogP contribution in [0.25, 0.3) is 0 Å². The molecule has 1 aliphatic heterocycles. The summed E-state index contributed by atoms with van der Waals surface area (Å²) in [5.74, 6) is 1.04. The lowest BCUT2D eigenvalue weighted by Gasteiger charge is -2.18. The van der Waals surface area contributed by atoms with Crippen LogP contribution in [0.4, 0.5) is 0 Å². The fourth-order valence-electron chi connectivity index (χ4n) is 3.06. The molecule has 3 rings (SSSR count). The van der Waals surface area contributed by atoms with Crippen molar-refractivity contribution >= 4 is 15.9 Å². The molecule has 110 valence electrons. The molecule has 2 N–H and O–H groups in total. The fraction of sp³-hybridized carbons (Fsp3) is 0.333. The van der Waals surface area contributed by atoms with Gasteiger partial charge in [-0.05, 0) is 47.2 Å². The Balaban J connectivity index is 1.90. The molecule has 21 heavy (non-hydrogen) atoms. The highest BCUT2D eigenvalue weighted by Gasteiger charge is 2.20. The highest BCUT2D eigenvalue weighted by Crippen LogP contribution is 2.35. The van der Waals surface area contributed by atoms with Crippen molar-refractivity contribution in [1.82, 2.24) is 0 Å². The molecular weight excluding hydrogens is 326 g/mol. The van der Waals surface area contributed by atoms with Crippen molar-refractivity contribution in [1.29, 1.82) is 0 Å². The Morgan fingerprint density at radius 2 is 2.05 bits per heavy atom. The van der Waals surface area contributed by atoms with Gasteiger partial charge in [-0.15, -0.1) is 0 Å². The number of aryl methyl sites for hydroxylation is 1. The zero-order valence-corrected chi connectivity index (χ0v) is 13.8. The molecule has 0 spiro atoms. The van der Waals surface area contributed by atoms with E-state index in [0.29, 0.717) is 0 Å². The first-order chi connectivity index (χ1) is 10.2. The summed E-state index contributed by atoms with van der Waals surface area (Å²) in [6.07, 6.45) is 2.80. The number of hydrogen-bond acceptors (Lipinski definition) is 2. The Morgan fingerprint density at radius 3 is 2.86 bits per heavy atom. The first-order valence-corrected chi connectivity index (χ1v) is 8.25. The van der Waals surface area contributed by atoms with E-state index in [1.165, 1.54) is 22.3 Å². The second kappa shape index (κ2) is 6.20. The summed E-state index contributed by atoms with van der Waals surface area (Å²) in [6, 6.07) is 12.7. The Labute approximate surface area is 134 Å². The van der Waals surface area contributed by atoms with Gasteiger partial charge in [0.1, 0.15) is 5.75 Å². The Kier molecular flexibility index (Phi) is 4.32. The smallest absolute Gasteiger partial charge is 0.125 e. The third kappa shape index (κ3) is 2.99. The summed E-state index contributed by atoms with van der Waals surface area (Å²) in [6.45, 7) is 2.95. The van der Waals surface area contributed by atoms with Gasteiger partial charge in [0.15, 0.2) is 0 Å². The molecule has 0 fully saturated rings. The molecule has 2 nitrogen and oxygen atoms in total. The van der Waals surface area contributed by atoms with Crippen LogP contribution in [0.1, 0.15) is 35.2 Å². The number of fused-ring (bicyclic) bond motifs is 1. The summed E-state index contributed by atoms with van der Waals surface area (Å²) < 4.78 is 6.91. The van der Waals surface area contributed by atoms with Crippen LogP contribution in [0.5, 0.6) is 5.75 Å². The topological polar surface area (TPSA) is 35.2 Å². The van der Waals surface area contributed by atoms with Crippen LogP contribution in [-0.4, -0.2) is 6.61 Å². The molecule has 2 aromatic carbocycles. The molecule has 0 saturated heterocycles. The monoisotopic (exact) mass is 345 g/mol. The average Bonchev–Trinajstić information content (AvgIpc) is 2.95. The van der Waals surface area contributed by atoms with Gasteiger partial charge in [-0.25, -0.2) is 0 Å². The largest absolute Gasteiger partial charge is 0.493 e. The number of benzene rings is 2. The van der Waals surface area contributed by atoms with Crippen LogP contribution in [0.15, 0.2) is 40.9 Å². The second-order valence-electron chi connectivity index (χ2n) is 5.51. The van der Waals surface area contributed by atoms with Crippen molar-refractivity contribution in [3.8, 4) is 5.75 Å². The molecule has 0 bridgehead atoms. The van der Waals surface area contributed by atoms with E-state index in [1.807, 2.05) is 0 Å². The zero-order valence-electron chi connectivity index (χ0n) is 12.2. The average molecular weight is 346 g/mol. The normalized spacial score (nSPS) is 14.6. The van der Waals surface area contributed by atoms with Gasteiger partial charge in [-0.2, -0.15) is 0 Å². The van der Waals surface area contributed by atoms with E-state index in [-0.39, 0.29) is 6.04 Å². The lowest BCUT2D eigenvalue weighted by atomic mass is 9.93. The van der Waals surface area contributed by atoms with Gasteiger partial charge in [0.2, 0.25) is 0 Å². The molecule has 2 aromatic rings. The SMILES string of the molecule is CCc1ccccc1C(N)Cc1cc(Br)cc2c1OCC2. The molecule has 1 aliphatic rings. The predicted molar refractivity (Wildman–Crippen MR) is 89.8 cm³/mol. The van der Waals surface area contributed by atoms with Gasteiger partial charge in [-0.1, -0.05) is 47.1 Å². The third-order valence-electron chi connectivity index (χ3n) is 4.10. The van der Waals surface area contributed by atoms with Gasteiger partial charge in [-0.3, -0.25) is 0 Å². The second-order valence-corrected chi connectivity index (χ2v) is 6.43. The van der Waals surface area contributed by atoms with E-state index < -0.39 is 0 Å². The van der Waals surface area contributed by atoms with Gasteiger partial charge in [0, 0.05) is 16.9 Å². The van der Waals surface area contributed by atoms with Gasteiger partial charge >= 0.3 is 0 Å². The van der Waals surface area contributed by atoms with E-state index in [2.05, 4.69) is 59.3 Å². The quantitative estimate of drug-likeness (QED) is 0.901. The summed E-state index contributed by atoms with van der Waals surface area (Å²) in [4.78, 5) is 0. The molecule has 0 amide bonds. The van der Waals surface area contributed by atoms with Crippen molar-refractivity contribution in [2.45, 2.75) is 32.2 Å². The van der Waals surface area contributed by atoms with Crippen molar-refractivity contribution < 1.29 is 4.74 Å². The van der Waals surface area contributed by atoms with Gasteiger partial charge < -0.3 is 10.5 Å². The first kappa shape index (κ1) is 14.6. The van der Waals surface area contributed by atoms with Crippen molar-refractivity contribution in [3.63, 3.8) is 0 Å². The van der Waals surface area contributed by atoms with E-state index in [9.17, 15) is 0 Å². The molecule has 0 radical (unpaired) electrons. The lowest BCUT2D eigenvalue weighted by Crippen LogP contribution is -2.15. The molecule has 0 aromatic heterocycles. The van der Waals surface area contributed by atoms with Crippen molar-refractivity contribution in [2.24, 2.45) is 5.73 Å². The maximum atomic E-state index is 6.48. The highest BCUT2D eigenvalue weighted by atomic mass is 79.9. The van der Waals surface area contributed by atoms with Crippen LogP contribution >= 0.6 is 15.9 Å². The maximum Gasteiger partial charge on any atom is 0.125 e. The summed E-state index contributed by atoms with van der Waals surface area (Å²) in [7, 11) is 0. The molecule has 3 heteroatoms. The van der Waals surface area contributed by atoms with Crippen LogP contribution in [0.3, 0.4) is 0 Å². The van der Waals surface area contributed by atoms with Crippen molar-refractivity contribution in [3.05, 3.63) is 63.1 Å². The van der Waals surface area contributed by atoms with Crippen molar-refractivity contribution in [2.75, 3.05) is 6.61 Å². The molecular formula is C18H20BrNO. The van der Waals surface area contributed by atoms with E-state index in [0.717, 1.165) is 36.1 Å². The summed E-state index contributed by atoms with van der Waals surface area (Å²) in [5.41, 5.74) is 11.5. The standard InChI is InChI=1S/C18H20BrNO/c1-2-12-5-3-4-6-16(12)17(20)11-14-10-15(19)9-13-7-8-21-18(13)14/h3-6,9-10,17H,2,7-8,11,20H2,1H3. The molecule has 0 aliphatic carbocycles.